The smallest absolute Gasteiger partial charge is 0.233 e. The summed E-state index contributed by atoms with van der Waals surface area (Å²) in [4.78, 5) is 32.5. The van der Waals surface area contributed by atoms with E-state index >= 15 is 0 Å². The highest BCUT2D eigenvalue weighted by atomic mass is 16.8. The van der Waals surface area contributed by atoms with Gasteiger partial charge in [0.15, 0.2) is 6.29 Å². The summed E-state index contributed by atoms with van der Waals surface area (Å²) in [5.41, 5.74) is 0. The lowest BCUT2D eigenvalue weighted by Crippen LogP contribution is -2.44. The molecule has 1 aliphatic carbocycles. The number of hydrogen-bond acceptors (Lipinski definition) is 4. The van der Waals surface area contributed by atoms with Gasteiger partial charge in [-0.25, -0.2) is 9.90 Å². The molecular weight excluding hydrogens is 332 g/mol. The maximum absolute atomic E-state index is 13.2. The Morgan fingerprint density at radius 3 is 2.58 bits per heavy atom. The zero-order valence-electron chi connectivity index (χ0n) is 16.1. The van der Waals surface area contributed by atoms with Crippen molar-refractivity contribution < 1.29 is 19.2 Å². The molecule has 0 aromatic carbocycles. The van der Waals surface area contributed by atoms with Gasteiger partial charge in [-0.2, -0.15) is 0 Å². The van der Waals surface area contributed by atoms with Crippen LogP contribution < -0.4 is 0 Å². The molecule has 1 saturated carbocycles. The highest BCUT2D eigenvalue weighted by Gasteiger charge is 2.34. The minimum Gasteiger partial charge on any atom is -0.350 e. The zero-order chi connectivity index (χ0) is 18.4. The number of carbonyl (C=O) groups is 2. The Kier molecular flexibility index (Phi) is 7.32. The molecule has 0 aromatic heterocycles. The number of carbonyl (C=O) groups excluding carboxylic acids is 2. The summed E-state index contributed by atoms with van der Waals surface area (Å²) in [5.74, 6) is 0.621. The summed E-state index contributed by atoms with van der Waals surface area (Å²) in [6, 6.07) is 0.306. The summed E-state index contributed by atoms with van der Waals surface area (Å²) >= 11 is 0. The Labute approximate surface area is 157 Å². The Morgan fingerprint density at radius 2 is 1.96 bits per heavy atom. The van der Waals surface area contributed by atoms with Crippen molar-refractivity contribution in [2.75, 3.05) is 19.7 Å². The standard InChI is InChI=1S/C20H34N2O4/c1-16-7-6-11-22(16)20(24)18(13-17-8-2-3-9-17)14-21(15-23)26-19-10-4-5-12-25-19/h15-19H,2-14H2,1H3. The molecule has 2 aliphatic heterocycles. The number of amides is 2. The highest BCUT2D eigenvalue weighted by molar-refractivity contribution is 5.80. The van der Waals surface area contributed by atoms with Crippen molar-refractivity contribution in [2.45, 2.75) is 83.5 Å². The molecule has 0 radical (unpaired) electrons. The predicted octanol–water partition coefficient (Wildman–Crippen LogP) is 3.11. The molecule has 6 nitrogen and oxygen atoms in total. The van der Waals surface area contributed by atoms with Gasteiger partial charge < -0.3 is 9.64 Å². The molecule has 0 spiro atoms. The summed E-state index contributed by atoms with van der Waals surface area (Å²) in [6.45, 7) is 3.98. The van der Waals surface area contributed by atoms with Crippen LogP contribution in [-0.2, 0) is 19.2 Å². The minimum atomic E-state index is -0.359. The molecule has 26 heavy (non-hydrogen) atoms. The lowest BCUT2D eigenvalue weighted by molar-refractivity contribution is -0.276. The van der Waals surface area contributed by atoms with Crippen LogP contribution in [0.25, 0.3) is 0 Å². The topological polar surface area (TPSA) is 59.1 Å². The van der Waals surface area contributed by atoms with E-state index in [0.29, 0.717) is 31.5 Å². The third kappa shape index (κ3) is 5.19. The SMILES string of the molecule is CC1CCCN1C(=O)C(CC1CCCC1)CN(C=O)OC1CCCCO1. The Hall–Kier alpha value is -1.14. The Bertz CT molecular complexity index is 461. The summed E-state index contributed by atoms with van der Waals surface area (Å²) < 4.78 is 5.58. The second-order valence-electron chi connectivity index (χ2n) is 8.21. The number of rotatable bonds is 8. The van der Waals surface area contributed by atoms with Gasteiger partial charge in [0, 0.05) is 25.6 Å². The van der Waals surface area contributed by atoms with E-state index in [1.54, 1.807) is 0 Å². The van der Waals surface area contributed by atoms with E-state index in [-0.39, 0.29) is 18.1 Å². The molecule has 2 amide bonds. The van der Waals surface area contributed by atoms with E-state index in [0.717, 1.165) is 45.1 Å². The van der Waals surface area contributed by atoms with Crippen molar-refractivity contribution in [3.05, 3.63) is 0 Å². The molecule has 3 unspecified atom stereocenters. The average Bonchev–Trinajstić information content (AvgIpc) is 3.32. The van der Waals surface area contributed by atoms with Crippen molar-refractivity contribution in [3.8, 4) is 0 Å². The second-order valence-corrected chi connectivity index (χ2v) is 8.21. The third-order valence-corrected chi connectivity index (χ3v) is 6.19. The molecular formula is C20H34N2O4. The largest absolute Gasteiger partial charge is 0.350 e. The predicted molar refractivity (Wildman–Crippen MR) is 97.9 cm³/mol. The van der Waals surface area contributed by atoms with Gasteiger partial charge in [-0.05, 0) is 44.9 Å². The maximum Gasteiger partial charge on any atom is 0.233 e. The molecule has 3 rings (SSSR count). The fourth-order valence-corrected chi connectivity index (χ4v) is 4.67. The molecule has 0 aromatic rings. The van der Waals surface area contributed by atoms with E-state index < -0.39 is 0 Å². The van der Waals surface area contributed by atoms with Crippen LogP contribution in [0.15, 0.2) is 0 Å². The van der Waals surface area contributed by atoms with Crippen LogP contribution in [0, 0.1) is 11.8 Å². The summed E-state index contributed by atoms with van der Waals surface area (Å²) in [5, 5.41) is 1.31. The van der Waals surface area contributed by atoms with Crippen LogP contribution in [0.4, 0.5) is 0 Å². The first kappa shape index (κ1) is 19.6. The lowest BCUT2D eigenvalue weighted by atomic mass is 9.91. The van der Waals surface area contributed by atoms with E-state index in [1.165, 1.54) is 30.7 Å². The second kappa shape index (κ2) is 9.70. The highest BCUT2D eigenvalue weighted by Crippen LogP contribution is 2.32. The van der Waals surface area contributed by atoms with Gasteiger partial charge in [0.05, 0.1) is 12.5 Å². The van der Waals surface area contributed by atoms with Crippen LogP contribution in [0.1, 0.15) is 71.1 Å². The first-order valence-corrected chi connectivity index (χ1v) is 10.5. The molecule has 3 aliphatic rings. The molecule has 2 saturated heterocycles. The van der Waals surface area contributed by atoms with Crippen molar-refractivity contribution in [1.82, 2.24) is 9.96 Å². The molecule has 0 bridgehead atoms. The van der Waals surface area contributed by atoms with Gasteiger partial charge in [0.25, 0.3) is 0 Å². The van der Waals surface area contributed by atoms with Gasteiger partial charge in [0.1, 0.15) is 0 Å². The van der Waals surface area contributed by atoms with E-state index in [1.807, 2.05) is 4.90 Å². The van der Waals surface area contributed by atoms with Crippen LogP contribution in [0.3, 0.4) is 0 Å². The molecule has 6 heteroatoms. The fourth-order valence-electron chi connectivity index (χ4n) is 4.67. The molecule has 148 valence electrons. The van der Waals surface area contributed by atoms with E-state index in [9.17, 15) is 9.59 Å². The number of hydrogen-bond donors (Lipinski definition) is 0. The summed E-state index contributed by atoms with van der Waals surface area (Å²) in [7, 11) is 0. The van der Waals surface area contributed by atoms with Crippen LogP contribution in [0.5, 0.6) is 0 Å². The van der Waals surface area contributed by atoms with Gasteiger partial charge in [-0.3, -0.25) is 9.59 Å². The van der Waals surface area contributed by atoms with Crippen LogP contribution >= 0.6 is 0 Å². The van der Waals surface area contributed by atoms with Crippen molar-refractivity contribution in [3.63, 3.8) is 0 Å². The maximum atomic E-state index is 13.2. The summed E-state index contributed by atoms with van der Waals surface area (Å²) in [6.07, 6.45) is 11.2. The number of hydroxylamine groups is 2. The number of likely N-dealkylation sites (tertiary alicyclic amines) is 1. The fraction of sp³-hybridized carbons (Fsp3) is 0.900. The zero-order valence-corrected chi connectivity index (χ0v) is 16.1. The quantitative estimate of drug-likeness (QED) is 0.489. The number of nitrogens with zero attached hydrogens (tertiary/aromatic N) is 2. The lowest BCUT2D eigenvalue weighted by Gasteiger charge is -2.32. The molecule has 3 fully saturated rings. The Balaban J connectivity index is 1.62. The average molecular weight is 367 g/mol. The van der Waals surface area contributed by atoms with Gasteiger partial charge >= 0.3 is 0 Å². The Morgan fingerprint density at radius 1 is 1.19 bits per heavy atom. The van der Waals surface area contributed by atoms with Gasteiger partial charge in [0.2, 0.25) is 12.3 Å². The normalized spacial score (nSPS) is 28.3. The first-order valence-electron chi connectivity index (χ1n) is 10.5. The molecule has 2 heterocycles. The third-order valence-electron chi connectivity index (χ3n) is 6.19. The monoisotopic (exact) mass is 366 g/mol. The number of ether oxygens (including phenoxy) is 1. The van der Waals surface area contributed by atoms with Crippen molar-refractivity contribution in [2.24, 2.45) is 11.8 Å². The molecule has 3 atom stereocenters. The van der Waals surface area contributed by atoms with Gasteiger partial charge in [-0.1, -0.05) is 25.7 Å². The van der Waals surface area contributed by atoms with E-state index in [4.69, 9.17) is 9.57 Å². The minimum absolute atomic E-state index is 0.174. The van der Waals surface area contributed by atoms with E-state index in [2.05, 4.69) is 6.92 Å². The van der Waals surface area contributed by atoms with Gasteiger partial charge in [-0.15, -0.1) is 0 Å². The van der Waals surface area contributed by atoms with Crippen LogP contribution in [-0.4, -0.2) is 54.3 Å². The molecule has 0 N–H and O–H groups in total. The van der Waals surface area contributed by atoms with Crippen molar-refractivity contribution in [1.29, 1.82) is 0 Å². The van der Waals surface area contributed by atoms with Crippen LogP contribution in [0.2, 0.25) is 0 Å². The first-order chi connectivity index (χ1) is 12.7. The van der Waals surface area contributed by atoms with Crippen molar-refractivity contribution >= 4 is 12.3 Å².